The summed E-state index contributed by atoms with van der Waals surface area (Å²) in [5.41, 5.74) is 1.65. The van der Waals surface area contributed by atoms with E-state index in [0.717, 1.165) is 10.5 Å². The largest absolute Gasteiger partial charge is 0.503 e. The Morgan fingerprint density at radius 3 is 2.38 bits per heavy atom. The van der Waals surface area contributed by atoms with Gasteiger partial charge in [0.05, 0.1) is 17.3 Å². The molecule has 0 bridgehead atoms. The molecule has 8 heteroatoms. The molecule has 1 heterocycles. The number of urea groups is 1. The fourth-order valence-corrected chi connectivity index (χ4v) is 3.36. The number of aromatic hydroxyl groups is 1. The van der Waals surface area contributed by atoms with Crippen LogP contribution in [0.15, 0.2) is 46.4 Å². The van der Waals surface area contributed by atoms with Gasteiger partial charge in [-0.1, -0.05) is 26.0 Å². The molecule has 2 N–H and O–H groups in total. The van der Waals surface area contributed by atoms with Crippen LogP contribution in [-0.2, 0) is 9.59 Å². The van der Waals surface area contributed by atoms with Gasteiger partial charge in [0.2, 0.25) is 0 Å². The molecule has 2 aromatic rings. The number of nitrogens with one attached hydrogen (secondary N) is 1. The molecule has 0 aromatic heterocycles. The Morgan fingerprint density at radius 1 is 1.14 bits per heavy atom. The van der Waals surface area contributed by atoms with Crippen molar-refractivity contribution in [1.29, 1.82) is 0 Å². The molecule has 0 saturated carbocycles. The van der Waals surface area contributed by atoms with Crippen LogP contribution in [0.2, 0.25) is 0 Å². The normalized spacial score (nSPS) is 15.8. The first kappa shape index (κ1) is 20.6. The number of hydrogen-bond donors (Lipinski definition) is 2. The number of ether oxygens (including phenoxy) is 1. The SMILES string of the molecule is COc1cc(/C=C2\C(=O)NC(=O)N(c3ccc(C(C)C)cc3)C2=O)cc(Br)c1O. The van der Waals surface area contributed by atoms with E-state index in [1.165, 1.54) is 25.3 Å². The van der Waals surface area contributed by atoms with Crippen LogP contribution in [0.1, 0.15) is 30.9 Å². The Morgan fingerprint density at radius 2 is 1.79 bits per heavy atom. The van der Waals surface area contributed by atoms with Crippen molar-refractivity contribution in [2.45, 2.75) is 19.8 Å². The van der Waals surface area contributed by atoms with E-state index < -0.39 is 17.8 Å². The van der Waals surface area contributed by atoms with Gasteiger partial charge in [-0.15, -0.1) is 0 Å². The molecule has 7 nitrogen and oxygen atoms in total. The Hall–Kier alpha value is -3.13. The summed E-state index contributed by atoms with van der Waals surface area (Å²) in [5, 5.41) is 12.1. The number of amides is 4. The quantitative estimate of drug-likeness (QED) is 0.533. The third-order valence-electron chi connectivity index (χ3n) is 4.50. The average Bonchev–Trinajstić information content (AvgIpc) is 2.68. The van der Waals surface area contributed by atoms with Crippen LogP contribution in [0.25, 0.3) is 6.08 Å². The summed E-state index contributed by atoms with van der Waals surface area (Å²) in [5.74, 6) is -1.16. The molecule has 0 unspecified atom stereocenters. The number of imide groups is 2. The number of carbonyl (C=O) groups excluding carboxylic acids is 3. The number of methoxy groups -OCH3 is 1. The lowest BCUT2D eigenvalue weighted by atomic mass is 10.0. The van der Waals surface area contributed by atoms with Crippen molar-refractivity contribution >= 4 is 45.5 Å². The molecule has 1 fully saturated rings. The molecule has 2 aromatic carbocycles. The van der Waals surface area contributed by atoms with Crippen LogP contribution in [0, 0.1) is 0 Å². The predicted octanol–water partition coefficient (Wildman–Crippen LogP) is 3.95. The molecule has 0 aliphatic carbocycles. The highest BCUT2D eigenvalue weighted by molar-refractivity contribution is 9.10. The van der Waals surface area contributed by atoms with E-state index in [-0.39, 0.29) is 17.1 Å². The molecular formula is C21H19BrN2O5. The van der Waals surface area contributed by atoms with Gasteiger partial charge in [0, 0.05) is 0 Å². The van der Waals surface area contributed by atoms with Crippen molar-refractivity contribution in [2.75, 3.05) is 12.0 Å². The van der Waals surface area contributed by atoms with E-state index in [9.17, 15) is 19.5 Å². The van der Waals surface area contributed by atoms with Gasteiger partial charge >= 0.3 is 6.03 Å². The number of nitrogens with zero attached hydrogens (tertiary/aromatic N) is 1. The number of phenolic OH excluding ortho intramolecular Hbond substituents is 1. The maximum absolute atomic E-state index is 13.0. The zero-order chi connectivity index (χ0) is 21.3. The van der Waals surface area contributed by atoms with Gasteiger partial charge in [0.25, 0.3) is 11.8 Å². The maximum Gasteiger partial charge on any atom is 0.335 e. The Labute approximate surface area is 176 Å². The van der Waals surface area contributed by atoms with E-state index in [1.807, 2.05) is 26.0 Å². The Balaban J connectivity index is 2.01. The highest BCUT2D eigenvalue weighted by Gasteiger charge is 2.36. The van der Waals surface area contributed by atoms with Gasteiger partial charge in [0.1, 0.15) is 5.57 Å². The second-order valence-corrected chi connectivity index (χ2v) is 7.61. The van der Waals surface area contributed by atoms with Crippen LogP contribution in [0.5, 0.6) is 11.5 Å². The molecular weight excluding hydrogens is 440 g/mol. The molecule has 0 spiro atoms. The lowest BCUT2D eigenvalue weighted by Gasteiger charge is -2.26. The Kier molecular flexibility index (Phi) is 5.74. The van der Waals surface area contributed by atoms with Crippen molar-refractivity contribution in [2.24, 2.45) is 0 Å². The zero-order valence-corrected chi connectivity index (χ0v) is 17.6. The monoisotopic (exact) mass is 458 g/mol. The summed E-state index contributed by atoms with van der Waals surface area (Å²) in [7, 11) is 1.39. The summed E-state index contributed by atoms with van der Waals surface area (Å²) in [6.07, 6.45) is 1.34. The molecule has 0 radical (unpaired) electrons. The highest BCUT2D eigenvalue weighted by Crippen LogP contribution is 2.36. The zero-order valence-electron chi connectivity index (χ0n) is 16.0. The van der Waals surface area contributed by atoms with Gasteiger partial charge in [-0.3, -0.25) is 14.9 Å². The number of barbiturate groups is 1. The van der Waals surface area contributed by atoms with E-state index in [0.29, 0.717) is 21.6 Å². The number of anilines is 1. The minimum Gasteiger partial charge on any atom is -0.503 e. The van der Waals surface area contributed by atoms with Gasteiger partial charge in [0.15, 0.2) is 11.5 Å². The van der Waals surface area contributed by atoms with E-state index >= 15 is 0 Å². The first-order chi connectivity index (χ1) is 13.7. The number of carbonyl (C=O) groups is 3. The maximum atomic E-state index is 13.0. The van der Waals surface area contributed by atoms with Gasteiger partial charge in [-0.2, -0.15) is 0 Å². The molecule has 0 atom stereocenters. The van der Waals surface area contributed by atoms with Crippen LogP contribution in [0.3, 0.4) is 0 Å². The number of rotatable bonds is 4. The number of phenols is 1. The van der Waals surface area contributed by atoms with Gasteiger partial charge < -0.3 is 9.84 Å². The second kappa shape index (κ2) is 8.08. The molecule has 1 aliphatic rings. The lowest BCUT2D eigenvalue weighted by molar-refractivity contribution is -0.122. The molecule has 3 rings (SSSR count). The molecule has 29 heavy (non-hydrogen) atoms. The van der Waals surface area contributed by atoms with Crippen LogP contribution < -0.4 is 15.0 Å². The van der Waals surface area contributed by atoms with Crippen molar-refractivity contribution in [3.8, 4) is 11.5 Å². The first-order valence-electron chi connectivity index (χ1n) is 8.80. The molecule has 4 amide bonds. The number of hydrogen-bond acceptors (Lipinski definition) is 5. The highest BCUT2D eigenvalue weighted by atomic mass is 79.9. The van der Waals surface area contributed by atoms with E-state index in [1.54, 1.807) is 12.1 Å². The van der Waals surface area contributed by atoms with Crippen molar-refractivity contribution in [3.05, 3.63) is 57.6 Å². The predicted molar refractivity (Wildman–Crippen MR) is 112 cm³/mol. The van der Waals surface area contributed by atoms with Crippen LogP contribution in [-0.4, -0.2) is 30.1 Å². The third-order valence-corrected chi connectivity index (χ3v) is 5.11. The van der Waals surface area contributed by atoms with Crippen molar-refractivity contribution < 1.29 is 24.2 Å². The van der Waals surface area contributed by atoms with Crippen molar-refractivity contribution in [3.63, 3.8) is 0 Å². The third kappa shape index (κ3) is 4.02. The Bertz CT molecular complexity index is 1030. The molecule has 1 aliphatic heterocycles. The molecule has 150 valence electrons. The fraction of sp³-hybridized carbons (Fsp3) is 0.190. The smallest absolute Gasteiger partial charge is 0.335 e. The summed E-state index contributed by atoms with van der Waals surface area (Å²) in [6, 6.07) is 9.21. The van der Waals surface area contributed by atoms with Crippen LogP contribution >= 0.6 is 15.9 Å². The minimum atomic E-state index is -0.807. The summed E-state index contributed by atoms with van der Waals surface area (Å²) < 4.78 is 5.43. The summed E-state index contributed by atoms with van der Waals surface area (Å²) in [4.78, 5) is 38.5. The van der Waals surface area contributed by atoms with E-state index in [2.05, 4.69) is 21.2 Å². The topological polar surface area (TPSA) is 95.9 Å². The fourth-order valence-electron chi connectivity index (χ4n) is 2.90. The first-order valence-corrected chi connectivity index (χ1v) is 9.60. The van der Waals surface area contributed by atoms with Crippen molar-refractivity contribution in [1.82, 2.24) is 5.32 Å². The van der Waals surface area contributed by atoms with E-state index in [4.69, 9.17) is 4.74 Å². The number of halogens is 1. The summed E-state index contributed by atoms with van der Waals surface area (Å²) >= 11 is 3.20. The molecule has 1 saturated heterocycles. The van der Waals surface area contributed by atoms with Gasteiger partial charge in [-0.25, -0.2) is 9.69 Å². The lowest BCUT2D eigenvalue weighted by Crippen LogP contribution is -2.54. The second-order valence-electron chi connectivity index (χ2n) is 6.76. The average molecular weight is 459 g/mol. The minimum absolute atomic E-state index is 0.101. The standard InChI is InChI=1S/C21H19BrN2O5/c1-11(2)13-4-6-14(7-5-13)24-20(27)15(19(26)23-21(24)28)8-12-9-16(22)18(25)17(10-12)29-3/h4-11,25H,1-3H3,(H,23,26,28)/b15-8+. The van der Waals surface area contributed by atoms with Crippen LogP contribution in [0.4, 0.5) is 10.5 Å². The van der Waals surface area contributed by atoms with Gasteiger partial charge in [-0.05, 0) is 63.3 Å². The summed E-state index contributed by atoms with van der Waals surface area (Å²) in [6.45, 7) is 4.08. The number of benzene rings is 2.